The molecule has 0 fully saturated rings. The Kier molecular flexibility index (Phi) is 6.04. The molecule has 0 aliphatic heterocycles. The third kappa shape index (κ3) is 4.83. The first-order valence-electron chi connectivity index (χ1n) is 8.50. The number of nitrogens with one attached hydrogen (secondary N) is 1. The lowest BCUT2D eigenvalue weighted by molar-refractivity contribution is -0.129. The van der Waals surface area contributed by atoms with Gasteiger partial charge >= 0.3 is 0 Å². The third-order valence-corrected chi connectivity index (χ3v) is 4.83. The van der Waals surface area contributed by atoms with E-state index in [9.17, 15) is 9.59 Å². The molecule has 0 saturated heterocycles. The van der Waals surface area contributed by atoms with Gasteiger partial charge in [-0.1, -0.05) is 54.6 Å². The van der Waals surface area contributed by atoms with Crippen LogP contribution < -0.4 is 5.32 Å². The average Bonchev–Trinajstić information content (AvgIpc) is 2.67. The zero-order valence-electron chi connectivity index (χ0n) is 14.9. The second-order valence-corrected chi connectivity index (χ2v) is 6.98. The number of likely N-dealkylation sites (N-methyl/N-ethyl adjacent to an activating group) is 1. The minimum atomic E-state index is -0.253. The highest BCUT2D eigenvalue weighted by Crippen LogP contribution is 2.21. The molecular formula is C22H19BrN2O2. The molecule has 1 N–H and O–H groups in total. The van der Waals surface area contributed by atoms with Crippen molar-refractivity contribution < 1.29 is 9.59 Å². The molecule has 0 bridgehead atoms. The Labute approximate surface area is 166 Å². The number of hydrogen-bond donors (Lipinski definition) is 1. The number of carbonyl (C=O) groups excluding carboxylic acids is 2. The molecule has 4 nitrogen and oxygen atoms in total. The van der Waals surface area contributed by atoms with Crippen LogP contribution in [0.25, 0.3) is 16.8 Å². The van der Waals surface area contributed by atoms with E-state index in [1.807, 2.05) is 60.7 Å². The fraction of sp³-hybridized carbons (Fsp3) is 0.0909. The maximum absolute atomic E-state index is 12.4. The average molecular weight is 423 g/mol. The lowest BCUT2D eigenvalue weighted by atomic mass is 10.0. The fourth-order valence-corrected chi connectivity index (χ4v) is 3.11. The summed E-state index contributed by atoms with van der Waals surface area (Å²) in [7, 11) is 1.61. The van der Waals surface area contributed by atoms with E-state index in [1.54, 1.807) is 19.2 Å². The highest BCUT2D eigenvalue weighted by molar-refractivity contribution is 9.10. The summed E-state index contributed by atoms with van der Waals surface area (Å²) < 4.78 is 0.795. The Bertz CT molecular complexity index is 1010. The molecule has 0 atom stereocenters. The van der Waals surface area contributed by atoms with Crippen molar-refractivity contribution >= 4 is 50.3 Å². The predicted octanol–water partition coefficient (Wildman–Crippen LogP) is 4.71. The molecule has 0 unspecified atom stereocenters. The zero-order chi connectivity index (χ0) is 19.2. The number of hydrogen-bond acceptors (Lipinski definition) is 2. The van der Waals surface area contributed by atoms with Crippen LogP contribution in [-0.2, 0) is 9.59 Å². The van der Waals surface area contributed by atoms with Gasteiger partial charge in [-0.2, -0.15) is 0 Å². The van der Waals surface area contributed by atoms with Crippen LogP contribution >= 0.6 is 15.9 Å². The number of benzene rings is 3. The van der Waals surface area contributed by atoms with E-state index in [4.69, 9.17) is 0 Å². The molecule has 0 radical (unpaired) electrons. The van der Waals surface area contributed by atoms with Crippen molar-refractivity contribution in [1.29, 1.82) is 0 Å². The first-order chi connectivity index (χ1) is 13.0. The monoisotopic (exact) mass is 422 g/mol. The highest BCUT2D eigenvalue weighted by atomic mass is 79.9. The van der Waals surface area contributed by atoms with Gasteiger partial charge in [0, 0.05) is 17.6 Å². The summed E-state index contributed by atoms with van der Waals surface area (Å²) in [6, 6.07) is 21.3. The van der Waals surface area contributed by atoms with E-state index in [-0.39, 0.29) is 18.4 Å². The van der Waals surface area contributed by atoms with Gasteiger partial charge in [0.1, 0.15) is 0 Å². The lowest BCUT2D eigenvalue weighted by Crippen LogP contribution is -2.33. The van der Waals surface area contributed by atoms with Crippen molar-refractivity contribution in [3.63, 3.8) is 0 Å². The van der Waals surface area contributed by atoms with Crippen LogP contribution in [0.1, 0.15) is 5.56 Å². The van der Waals surface area contributed by atoms with Gasteiger partial charge in [0.15, 0.2) is 0 Å². The maximum atomic E-state index is 12.4. The van der Waals surface area contributed by atoms with E-state index < -0.39 is 0 Å². The summed E-state index contributed by atoms with van der Waals surface area (Å²) in [5.41, 5.74) is 1.64. The number of halogens is 1. The molecule has 0 heterocycles. The molecule has 0 spiro atoms. The minimum Gasteiger partial charge on any atom is -0.333 e. The quantitative estimate of drug-likeness (QED) is 0.605. The van der Waals surface area contributed by atoms with Crippen LogP contribution in [0, 0.1) is 0 Å². The van der Waals surface area contributed by atoms with Gasteiger partial charge in [0.2, 0.25) is 11.8 Å². The third-order valence-electron chi connectivity index (χ3n) is 4.13. The van der Waals surface area contributed by atoms with E-state index >= 15 is 0 Å². The lowest BCUT2D eigenvalue weighted by Gasteiger charge is -2.15. The van der Waals surface area contributed by atoms with Crippen LogP contribution in [0.2, 0.25) is 0 Å². The number of anilines is 1. The topological polar surface area (TPSA) is 49.4 Å². The van der Waals surface area contributed by atoms with Crippen molar-refractivity contribution in [1.82, 2.24) is 4.90 Å². The van der Waals surface area contributed by atoms with Crippen LogP contribution in [0.5, 0.6) is 0 Å². The van der Waals surface area contributed by atoms with Crippen molar-refractivity contribution in [3.8, 4) is 0 Å². The van der Waals surface area contributed by atoms with Gasteiger partial charge in [-0.15, -0.1) is 0 Å². The Morgan fingerprint density at radius 1 is 1.00 bits per heavy atom. The van der Waals surface area contributed by atoms with E-state index in [0.29, 0.717) is 5.69 Å². The normalized spacial score (nSPS) is 10.9. The molecule has 3 rings (SSSR count). The van der Waals surface area contributed by atoms with Gasteiger partial charge in [-0.05, 0) is 50.5 Å². The van der Waals surface area contributed by atoms with E-state index in [2.05, 4.69) is 21.2 Å². The summed E-state index contributed by atoms with van der Waals surface area (Å²) in [5, 5.41) is 4.99. The van der Waals surface area contributed by atoms with Crippen molar-refractivity contribution in [2.45, 2.75) is 0 Å². The Balaban J connectivity index is 1.64. The summed E-state index contributed by atoms with van der Waals surface area (Å²) >= 11 is 3.38. The van der Waals surface area contributed by atoms with Crippen molar-refractivity contribution in [2.75, 3.05) is 18.9 Å². The van der Waals surface area contributed by atoms with E-state index in [0.717, 1.165) is 20.8 Å². The predicted molar refractivity (Wildman–Crippen MR) is 113 cm³/mol. The molecule has 136 valence electrons. The highest BCUT2D eigenvalue weighted by Gasteiger charge is 2.12. The van der Waals surface area contributed by atoms with Gasteiger partial charge < -0.3 is 10.2 Å². The first kappa shape index (κ1) is 18.9. The smallest absolute Gasteiger partial charge is 0.246 e. The van der Waals surface area contributed by atoms with Crippen LogP contribution in [0.3, 0.4) is 0 Å². The van der Waals surface area contributed by atoms with Gasteiger partial charge in [-0.3, -0.25) is 9.59 Å². The fourth-order valence-electron chi connectivity index (χ4n) is 2.73. The molecule has 0 aromatic heterocycles. The number of carbonyl (C=O) groups is 2. The van der Waals surface area contributed by atoms with Crippen LogP contribution in [0.15, 0.2) is 77.3 Å². The van der Waals surface area contributed by atoms with E-state index in [1.165, 1.54) is 11.0 Å². The summed E-state index contributed by atoms with van der Waals surface area (Å²) in [6.07, 6.45) is 3.28. The molecule has 0 aliphatic carbocycles. The molecule has 2 amide bonds. The first-order valence-corrected chi connectivity index (χ1v) is 9.29. The number of nitrogens with zero attached hydrogens (tertiary/aromatic N) is 1. The molecule has 3 aromatic rings. The van der Waals surface area contributed by atoms with Crippen LogP contribution in [0.4, 0.5) is 5.69 Å². The van der Waals surface area contributed by atoms with Gasteiger partial charge in [0.05, 0.1) is 12.2 Å². The van der Waals surface area contributed by atoms with Gasteiger partial charge in [-0.25, -0.2) is 0 Å². The SMILES string of the molecule is CN(CC(=O)Nc1ccccc1Br)C(=O)/C=C/c1cccc2ccccc12. The summed E-state index contributed by atoms with van der Waals surface area (Å²) in [6.45, 7) is -0.0277. The molecule has 0 saturated carbocycles. The number of fused-ring (bicyclic) bond motifs is 1. The molecular weight excluding hydrogens is 404 g/mol. The minimum absolute atomic E-state index is 0.0277. The Hall–Kier alpha value is -2.92. The zero-order valence-corrected chi connectivity index (χ0v) is 16.4. The number of para-hydroxylation sites is 1. The Morgan fingerprint density at radius 3 is 2.52 bits per heavy atom. The maximum Gasteiger partial charge on any atom is 0.246 e. The molecule has 5 heteroatoms. The van der Waals surface area contributed by atoms with Gasteiger partial charge in [0.25, 0.3) is 0 Å². The molecule has 3 aromatic carbocycles. The van der Waals surface area contributed by atoms with Crippen LogP contribution in [-0.4, -0.2) is 30.3 Å². The largest absolute Gasteiger partial charge is 0.333 e. The second-order valence-electron chi connectivity index (χ2n) is 6.12. The standard InChI is InChI=1S/C22H19BrN2O2/c1-25(15-21(26)24-20-12-5-4-11-19(20)23)22(27)14-13-17-9-6-8-16-7-2-3-10-18(16)17/h2-14H,15H2,1H3,(H,24,26)/b14-13+. The second kappa shape index (κ2) is 8.64. The molecule has 0 aliphatic rings. The van der Waals surface area contributed by atoms with Crippen molar-refractivity contribution in [2.24, 2.45) is 0 Å². The number of amides is 2. The van der Waals surface area contributed by atoms with Crippen molar-refractivity contribution in [3.05, 3.63) is 82.8 Å². The summed E-state index contributed by atoms with van der Waals surface area (Å²) in [5.74, 6) is -0.485. The summed E-state index contributed by atoms with van der Waals surface area (Å²) in [4.78, 5) is 25.9. The number of rotatable bonds is 5. The molecule has 27 heavy (non-hydrogen) atoms. The Morgan fingerprint density at radius 2 is 1.70 bits per heavy atom.